The summed E-state index contributed by atoms with van der Waals surface area (Å²) in [5, 5.41) is 0.298. The van der Waals surface area contributed by atoms with E-state index in [9.17, 15) is 4.39 Å². The minimum Gasteiger partial charge on any atom is -0.383 e. The lowest BCUT2D eigenvalue weighted by Gasteiger charge is -2.07. The maximum absolute atomic E-state index is 14.0. The van der Waals surface area contributed by atoms with Crippen molar-refractivity contribution in [3.8, 4) is 11.3 Å². The molecule has 2 N–H and O–H groups in total. The Hall–Kier alpha value is -2.33. The zero-order valence-corrected chi connectivity index (χ0v) is 11.9. The number of anilines is 1. The van der Waals surface area contributed by atoms with E-state index in [-0.39, 0.29) is 5.56 Å². The lowest BCUT2D eigenvalue weighted by atomic mass is 10.1. The Kier molecular flexibility index (Phi) is 3.62. The van der Waals surface area contributed by atoms with Crippen LogP contribution in [0.2, 0.25) is 5.02 Å². The molecule has 0 fully saturated rings. The van der Waals surface area contributed by atoms with Crippen LogP contribution in [0.4, 0.5) is 10.2 Å². The molecule has 0 saturated carbocycles. The van der Waals surface area contributed by atoms with Gasteiger partial charge in [-0.2, -0.15) is 0 Å². The normalized spacial score (nSPS) is 10.8. The van der Waals surface area contributed by atoms with Crippen molar-refractivity contribution in [2.45, 2.75) is 6.54 Å². The molecular weight excluding hydrogens is 289 g/mol. The molecule has 0 radical (unpaired) electrons. The van der Waals surface area contributed by atoms with Crippen molar-refractivity contribution in [1.82, 2.24) is 9.55 Å². The van der Waals surface area contributed by atoms with E-state index in [1.807, 2.05) is 30.3 Å². The first-order valence-corrected chi connectivity index (χ1v) is 6.83. The van der Waals surface area contributed by atoms with Crippen molar-refractivity contribution in [3.05, 3.63) is 71.3 Å². The molecule has 1 aromatic heterocycles. The molecule has 21 heavy (non-hydrogen) atoms. The summed E-state index contributed by atoms with van der Waals surface area (Å²) < 4.78 is 15.7. The highest BCUT2D eigenvalue weighted by Gasteiger charge is 2.17. The van der Waals surface area contributed by atoms with Crippen LogP contribution in [-0.2, 0) is 6.54 Å². The molecule has 0 bridgehead atoms. The summed E-state index contributed by atoms with van der Waals surface area (Å²) in [5.74, 6) is -0.0370. The zero-order chi connectivity index (χ0) is 14.8. The van der Waals surface area contributed by atoms with Crippen molar-refractivity contribution in [3.63, 3.8) is 0 Å². The van der Waals surface area contributed by atoms with Gasteiger partial charge >= 0.3 is 0 Å². The van der Waals surface area contributed by atoms with Gasteiger partial charge in [-0.05, 0) is 17.7 Å². The van der Waals surface area contributed by atoms with E-state index in [0.717, 1.165) is 5.56 Å². The highest BCUT2D eigenvalue weighted by Crippen LogP contribution is 2.33. The Morgan fingerprint density at radius 3 is 2.57 bits per heavy atom. The third kappa shape index (κ3) is 2.62. The highest BCUT2D eigenvalue weighted by atomic mass is 35.5. The minimum atomic E-state index is -0.431. The molecule has 0 saturated heterocycles. The number of nitrogen functional groups attached to an aromatic ring is 1. The lowest BCUT2D eigenvalue weighted by Crippen LogP contribution is -2.03. The minimum absolute atomic E-state index is 0.239. The number of benzene rings is 2. The molecule has 3 rings (SSSR count). The van der Waals surface area contributed by atoms with Gasteiger partial charge in [0.2, 0.25) is 0 Å². The maximum Gasteiger partial charge on any atom is 0.134 e. The monoisotopic (exact) mass is 301 g/mol. The fraction of sp³-hybridized carbons (Fsp3) is 0.0625. The molecule has 5 heteroatoms. The molecule has 0 spiro atoms. The largest absolute Gasteiger partial charge is 0.383 e. The van der Waals surface area contributed by atoms with Crippen molar-refractivity contribution < 1.29 is 4.39 Å². The molecule has 3 nitrogen and oxygen atoms in total. The lowest BCUT2D eigenvalue weighted by molar-refractivity contribution is 0.631. The third-order valence-corrected chi connectivity index (χ3v) is 3.59. The van der Waals surface area contributed by atoms with Crippen LogP contribution >= 0.6 is 11.6 Å². The van der Waals surface area contributed by atoms with E-state index in [0.29, 0.717) is 23.1 Å². The van der Waals surface area contributed by atoms with Crippen LogP contribution in [0.1, 0.15) is 5.56 Å². The van der Waals surface area contributed by atoms with Crippen molar-refractivity contribution >= 4 is 17.4 Å². The number of aromatic nitrogens is 2. The first-order valence-electron chi connectivity index (χ1n) is 6.45. The predicted octanol–water partition coefficient (Wildman–Crippen LogP) is 3.97. The van der Waals surface area contributed by atoms with Gasteiger partial charge in [0.25, 0.3) is 0 Å². The fourth-order valence-corrected chi connectivity index (χ4v) is 2.47. The average Bonchev–Trinajstić information content (AvgIpc) is 2.82. The molecule has 0 amide bonds. The number of nitrogens with two attached hydrogens (primary N) is 1. The van der Waals surface area contributed by atoms with Gasteiger partial charge in [0, 0.05) is 0 Å². The van der Waals surface area contributed by atoms with E-state index in [2.05, 4.69) is 4.98 Å². The van der Waals surface area contributed by atoms with Gasteiger partial charge in [0.15, 0.2) is 0 Å². The number of nitrogens with zero attached hydrogens (tertiary/aromatic N) is 2. The van der Waals surface area contributed by atoms with Crippen LogP contribution in [0.15, 0.2) is 54.9 Å². The van der Waals surface area contributed by atoms with E-state index >= 15 is 0 Å². The van der Waals surface area contributed by atoms with Crippen LogP contribution < -0.4 is 5.73 Å². The van der Waals surface area contributed by atoms with Gasteiger partial charge in [-0.1, -0.05) is 48.0 Å². The third-order valence-electron chi connectivity index (χ3n) is 3.27. The summed E-state index contributed by atoms with van der Waals surface area (Å²) in [6, 6.07) is 14.4. The molecule has 1 heterocycles. The van der Waals surface area contributed by atoms with E-state index in [4.69, 9.17) is 17.3 Å². The van der Waals surface area contributed by atoms with Crippen LogP contribution in [0.5, 0.6) is 0 Å². The topological polar surface area (TPSA) is 43.8 Å². The quantitative estimate of drug-likeness (QED) is 0.795. The van der Waals surface area contributed by atoms with E-state index in [1.165, 1.54) is 6.07 Å². The second-order valence-corrected chi connectivity index (χ2v) is 5.10. The van der Waals surface area contributed by atoms with Gasteiger partial charge in [-0.3, -0.25) is 0 Å². The highest BCUT2D eigenvalue weighted by molar-refractivity contribution is 6.33. The standard InChI is InChI=1S/C16H13ClFN3/c17-12-7-4-8-13(18)14(12)15-16(19)21(10-20-15)9-11-5-2-1-3-6-11/h1-8,10H,9,19H2. The van der Waals surface area contributed by atoms with Crippen LogP contribution in [-0.4, -0.2) is 9.55 Å². The number of hydrogen-bond donors (Lipinski definition) is 1. The van der Waals surface area contributed by atoms with Gasteiger partial charge in [0.05, 0.1) is 23.5 Å². The van der Waals surface area contributed by atoms with Gasteiger partial charge in [-0.25, -0.2) is 9.37 Å². The predicted molar refractivity (Wildman–Crippen MR) is 82.6 cm³/mol. The Bertz CT molecular complexity index is 748. The molecule has 0 aliphatic rings. The summed E-state index contributed by atoms with van der Waals surface area (Å²) >= 11 is 6.06. The van der Waals surface area contributed by atoms with Crippen molar-refractivity contribution in [1.29, 1.82) is 0 Å². The molecular formula is C16H13ClFN3. The summed E-state index contributed by atoms with van der Waals surface area (Å²) in [4.78, 5) is 4.22. The SMILES string of the molecule is Nc1c(-c2c(F)cccc2Cl)ncn1Cc1ccccc1. The molecule has 0 unspecified atom stereocenters. The number of hydrogen-bond acceptors (Lipinski definition) is 2. The molecule has 3 aromatic rings. The fourth-order valence-electron chi connectivity index (χ4n) is 2.21. The molecule has 106 valence electrons. The summed E-state index contributed by atoms with van der Waals surface area (Å²) in [6.45, 7) is 0.575. The smallest absolute Gasteiger partial charge is 0.134 e. The van der Waals surface area contributed by atoms with Gasteiger partial charge < -0.3 is 10.3 Å². The summed E-state index contributed by atoms with van der Waals surface area (Å²) in [7, 11) is 0. The second-order valence-electron chi connectivity index (χ2n) is 4.69. The van der Waals surface area contributed by atoms with Crippen molar-refractivity contribution in [2.24, 2.45) is 0 Å². The zero-order valence-electron chi connectivity index (χ0n) is 11.1. The van der Waals surface area contributed by atoms with Crippen LogP contribution in [0.3, 0.4) is 0 Å². The number of imidazole rings is 1. The number of rotatable bonds is 3. The maximum atomic E-state index is 14.0. The molecule has 0 aliphatic heterocycles. The Balaban J connectivity index is 2.00. The molecule has 0 aliphatic carbocycles. The first kappa shape index (κ1) is 13.6. The van der Waals surface area contributed by atoms with Crippen LogP contribution in [0, 0.1) is 5.82 Å². The number of halogens is 2. The van der Waals surface area contributed by atoms with Gasteiger partial charge in [-0.15, -0.1) is 0 Å². The van der Waals surface area contributed by atoms with E-state index < -0.39 is 5.82 Å². The van der Waals surface area contributed by atoms with Gasteiger partial charge in [0.1, 0.15) is 17.3 Å². The molecule has 2 aromatic carbocycles. The Morgan fingerprint density at radius 1 is 1.10 bits per heavy atom. The Labute approximate surface area is 126 Å². The van der Waals surface area contributed by atoms with Crippen LogP contribution in [0.25, 0.3) is 11.3 Å². The average molecular weight is 302 g/mol. The Morgan fingerprint density at radius 2 is 1.86 bits per heavy atom. The van der Waals surface area contributed by atoms with E-state index in [1.54, 1.807) is 23.0 Å². The second kappa shape index (κ2) is 5.58. The first-order chi connectivity index (χ1) is 10.2. The summed E-state index contributed by atoms with van der Waals surface area (Å²) in [6.07, 6.45) is 1.60. The molecule has 0 atom stereocenters. The van der Waals surface area contributed by atoms with Crippen molar-refractivity contribution in [2.75, 3.05) is 5.73 Å². The summed E-state index contributed by atoms with van der Waals surface area (Å²) in [5.41, 5.74) is 7.80.